The Morgan fingerprint density at radius 1 is 0.286 bits per heavy atom. The molecule has 9 aromatic carbocycles. The molecule has 0 N–H and O–H groups in total. The molecule has 0 aromatic heterocycles. The predicted molar refractivity (Wildman–Crippen MR) is 305 cm³/mol. The molecule has 0 amide bonds. The lowest BCUT2D eigenvalue weighted by atomic mass is 9.99. The van der Waals surface area contributed by atoms with Gasteiger partial charge in [-0.3, -0.25) is 0 Å². The molecule has 0 atom stereocenters. The number of aryl methyl sites for hydroxylation is 4. The van der Waals surface area contributed by atoms with Crippen molar-refractivity contribution in [3.05, 3.63) is 262 Å². The van der Waals surface area contributed by atoms with Crippen LogP contribution >= 0.6 is 0 Å². The fraction of sp³-hybridized carbons (Fsp3) is 0.147. The molecular formula is C68H64N2. The van der Waals surface area contributed by atoms with E-state index in [1.165, 1.54) is 89.3 Å². The highest BCUT2D eigenvalue weighted by Gasteiger charge is 2.17. The van der Waals surface area contributed by atoms with E-state index in [2.05, 4.69) is 296 Å². The molecule has 0 fully saturated rings. The van der Waals surface area contributed by atoms with E-state index in [1.807, 2.05) is 0 Å². The Bertz CT molecular complexity index is 3000. The lowest BCUT2D eigenvalue weighted by Crippen LogP contribution is -2.11. The Morgan fingerprint density at radius 3 is 0.786 bits per heavy atom. The van der Waals surface area contributed by atoms with Crippen LogP contribution in [0.3, 0.4) is 0 Å². The first-order chi connectivity index (χ1) is 33.9. The molecule has 0 heterocycles. The maximum absolute atomic E-state index is 2.37. The van der Waals surface area contributed by atoms with Gasteiger partial charge >= 0.3 is 0 Å². The number of hydrogen-bond acceptors (Lipinski definition) is 2. The Kier molecular flexibility index (Phi) is 14.2. The van der Waals surface area contributed by atoms with Gasteiger partial charge in [0, 0.05) is 34.1 Å². The zero-order valence-electron chi connectivity index (χ0n) is 42.0. The molecule has 0 saturated carbocycles. The van der Waals surface area contributed by atoms with Gasteiger partial charge in [0.2, 0.25) is 0 Å². The van der Waals surface area contributed by atoms with Gasteiger partial charge in [-0.05, 0) is 167 Å². The summed E-state index contributed by atoms with van der Waals surface area (Å²) in [6, 6.07) is 75.8. The average molecular weight is 909 g/mol. The van der Waals surface area contributed by atoms with E-state index in [-0.39, 0.29) is 0 Å². The number of nitrogens with zero attached hydrogens (tertiary/aromatic N) is 2. The fourth-order valence-electron chi connectivity index (χ4n) is 9.27. The minimum absolute atomic E-state index is 0.529. The number of rotatable bonds is 14. The van der Waals surface area contributed by atoms with Gasteiger partial charge < -0.3 is 9.80 Å². The van der Waals surface area contributed by atoms with E-state index in [9.17, 15) is 0 Å². The van der Waals surface area contributed by atoms with Gasteiger partial charge in [0.15, 0.2) is 0 Å². The third-order valence-electron chi connectivity index (χ3n) is 13.4. The molecular weight excluding hydrogens is 845 g/mol. The van der Waals surface area contributed by atoms with Crippen molar-refractivity contribution in [2.75, 3.05) is 9.80 Å². The summed E-state index contributed by atoms with van der Waals surface area (Å²) in [4.78, 5) is 4.73. The third-order valence-corrected chi connectivity index (χ3v) is 13.4. The third kappa shape index (κ3) is 11.0. The smallest absolute Gasteiger partial charge is 0.0490 e. The van der Waals surface area contributed by atoms with Crippen molar-refractivity contribution < 1.29 is 0 Å². The van der Waals surface area contributed by atoms with Crippen LogP contribution in [0.1, 0.15) is 95.2 Å². The predicted octanol–water partition coefficient (Wildman–Crippen LogP) is 19.8. The van der Waals surface area contributed by atoms with Crippen LogP contribution in [0.15, 0.2) is 206 Å². The van der Waals surface area contributed by atoms with E-state index >= 15 is 0 Å². The van der Waals surface area contributed by atoms with Gasteiger partial charge in [-0.2, -0.15) is 0 Å². The first-order valence-corrected chi connectivity index (χ1v) is 24.8. The zero-order valence-corrected chi connectivity index (χ0v) is 42.0. The highest BCUT2D eigenvalue weighted by Crippen LogP contribution is 2.40. The van der Waals surface area contributed by atoms with Gasteiger partial charge in [-0.25, -0.2) is 0 Å². The van der Waals surface area contributed by atoms with E-state index in [0.29, 0.717) is 11.8 Å². The van der Waals surface area contributed by atoms with Crippen molar-refractivity contribution in [3.8, 4) is 22.3 Å². The first kappa shape index (κ1) is 47.1. The van der Waals surface area contributed by atoms with Crippen molar-refractivity contribution in [1.29, 1.82) is 0 Å². The lowest BCUT2D eigenvalue weighted by molar-refractivity contribution is 0.866. The molecule has 2 heteroatoms. The van der Waals surface area contributed by atoms with Gasteiger partial charge in [-0.15, -0.1) is 0 Å². The van der Waals surface area contributed by atoms with Crippen molar-refractivity contribution in [3.63, 3.8) is 0 Å². The van der Waals surface area contributed by atoms with Crippen LogP contribution in [0.2, 0.25) is 0 Å². The summed E-state index contributed by atoms with van der Waals surface area (Å²) in [5.74, 6) is 1.06. The fourth-order valence-corrected chi connectivity index (χ4v) is 9.27. The molecule has 0 radical (unpaired) electrons. The van der Waals surface area contributed by atoms with Crippen LogP contribution < -0.4 is 9.80 Å². The molecule has 0 bridgehead atoms. The molecule has 0 spiro atoms. The summed E-state index contributed by atoms with van der Waals surface area (Å²) in [5.41, 5.74) is 24.0. The number of hydrogen-bond donors (Lipinski definition) is 0. The zero-order chi connectivity index (χ0) is 48.7. The highest BCUT2D eigenvalue weighted by molar-refractivity contribution is 5.83. The van der Waals surface area contributed by atoms with Crippen LogP contribution in [0.25, 0.3) is 46.6 Å². The summed E-state index contributed by atoms with van der Waals surface area (Å²) in [7, 11) is 0. The van der Waals surface area contributed by atoms with E-state index in [1.54, 1.807) is 0 Å². The molecule has 0 unspecified atom stereocenters. The summed E-state index contributed by atoms with van der Waals surface area (Å²) < 4.78 is 0. The van der Waals surface area contributed by atoms with Crippen LogP contribution in [-0.2, 0) is 0 Å². The topological polar surface area (TPSA) is 6.48 Å². The minimum Gasteiger partial charge on any atom is -0.310 e. The summed E-state index contributed by atoms with van der Waals surface area (Å²) in [6.45, 7) is 17.6. The molecule has 0 saturated heterocycles. The Labute approximate surface area is 417 Å². The lowest BCUT2D eigenvalue weighted by Gasteiger charge is -2.27. The Balaban J connectivity index is 0.926. The summed E-state index contributed by atoms with van der Waals surface area (Å²) in [5, 5.41) is 0. The van der Waals surface area contributed by atoms with Crippen molar-refractivity contribution in [2.45, 2.75) is 67.2 Å². The second-order valence-electron chi connectivity index (χ2n) is 19.4. The molecule has 346 valence electrons. The largest absolute Gasteiger partial charge is 0.310 e. The monoisotopic (exact) mass is 909 g/mol. The van der Waals surface area contributed by atoms with Crippen LogP contribution in [0.4, 0.5) is 34.1 Å². The SMILES string of the molecule is Cc1ccc(N(c2ccc(C=Cc3ccc(C(C)C)cc3)cc2)c2ccc(-c3ccc(-c4ccc(N(c5ccc(C=Cc6ccc(C(C)C)cc6)cc5)c5ccc(C)cc5C)cc4)cc3)cc2)c(C)c1. The van der Waals surface area contributed by atoms with Crippen molar-refractivity contribution in [1.82, 2.24) is 0 Å². The molecule has 9 rings (SSSR count). The second kappa shape index (κ2) is 21.1. The quantitative estimate of drug-likeness (QED) is 0.100. The first-order valence-electron chi connectivity index (χ1n) is 24.8. The molecule has 70 heavy (non-hydrogen) atoms. The maximum atomic E-state index is 2.37. The summed E-state index contributed by atoms with van der Waals surface area (Å²) >= 11 is 0. The number of benzene rings is 9. The minimum atomic E-state index is 0.529. The average Bonchev–Trinajstić information content (AvgIpc) is 3.38. The highest BCUT2D eigenvalue weighted by atomic mass is 15.1. The van der Waals surface area contributed by atoms with Crippen LogP contribution in [0, 0.1) is 27.7 Å². The van der Waals surface area contributed by atoms with E-state index < -0.39 is 0 Å². The van der Waals surface area contributed by atoms with E-state index in [4.69, 9.17) is 0 Å². The molecule has 0 aliphatic carbocycles. The summed E-state index contributed by atoms with van der Waals surface area (Å²) in [6.07, 6.45) is 8.77. The number of anilines is 6. The van der Waals surface area contributed by atoms with Crippen molar-refractivity contribution >= 4 is 58.4 Å². The van der Waals surface area contributed by atoms with Crippen molar-refractivity contribution in [2.24, 2.45) is 0 Å². The van der Waals surface area contributed by atoms with Gasteiger partial charge in [-0.1, -0.05) is 209 Å². The molecule has 0 aliphatic heterocycles. The van der Waals surface area contributed by atoms with Gasteiger partial charge in [0.05, 0.1) is 0 Å². The standard InChI is InChI=1S/C68H64N2/c1-47(2)57-23-15-53(16-24-57)11-13-55-19-35-63(36-20-55)69(67-43-9-49(5)45-51(67)7)65-39-31-61(32-40-65)59-27-29-60(30-28-59)62-33-41-66(42-34-62)70(68-44-10-50(6)46-52(68)8)64-37-21-56(22-38-64)14-12-54-17-25-58(26-18-54)48(3)4/h9-48H,1-8H3. The second-order valence-corrected chi connectivity index (χ2v) is 19.4. The van der Waals surface area contributed by atoms with Gasteiger partial charge in [0.1, 0.15) is 0 Å². The Hall–Kier alpha value is -7.94. The van der Waals surface area contributed by atoms with Crippen LogP contribution in [0.5, 0.6) is 0 Å². The molecule has 2 nitrogen and oxygen atoms in total. The van der Waals surface area contributed by atoms with Gasteiger partial charge in [0.25, 0.3) is 0 Å². The maximum Gasteiger partial charge on any atom is 0.0490 e. The van der Waals surface area contributed by atoms with Crippen LogP contribution in [-0.4, -0.2) is 0 Å². The Morgan fingerprint density at radius 2 is 0.529 bits per heavy atom. The molecule has 9 aromatic rings. The van der Waals surface area contributed by atoms with E-state index in [0.717, 1.165) is 22.7 Å². The molecule has 0 aliphatic rings. The normalized spacial score (nSPS) is 11.6.